The van der Waals surface area contributed by atoms with Gasteiger partial charge in [0.15, 0.2) is 0 Å². The summed E-state index contributed by atoms with van der Waals surface area (Å²) in [5.41, 5.74) is 2.02. The van der Waals surface area contributed by atoms with Gasteiger partial charge in [-0.15, -0.1) is 0 Å². The first-order valence-corrected chi connectivity index (χ1v) is 11.7. The van der Waals surface area contributed by atoms with Gasteiger partial charge >= 0.3 is 12.1 Å². The molecule has 174 valence electrons. The third kappa shape index (κ3) is 6.32. The van der Waals surface area contributed by atoms with Crippen LogP contribution in [-0.4, -0.2) is 40.4 Å². The predicted molar refractivity (Wildman–Crippen MR) is 124 cm³/mol. The zero-order valence-electron chi connectivity index (χ0n) is 18.1. The third-order valence-electron chi connectivity index (χ3n) is 4.82. The van der Waals surface area contributed by atoms with Crippen molar-refractivity contribution in [2.45, 2.75) is 31.6 Å². The maximum atomic E-state index is 12.6. The minimum absolute atomic E-state index is 0.367. The Kier molecular flexibility index (Phi) is 7.34. The smallest absolute Gasteiger partial charge is 0.409 e. The molecular formula is C22H25N5O5S. The molecule has 0 fully saturated rings. The van der Waals surface area contributed by atoms with Gasteiger partial charge in [-0.1, -0.05) is 30.3 Å². The van der Waals surface area contributed by atoms with E-state index in [0.717, 1.165) is 5.56 Å². The van der Waals surface area contributed by atoms with Crippen LogP contribution in [0.4, 0.5) is 15.3 Å². The molecule has 3 amide bonds. The predicted octanol–water partition coefficient (Wildman–Crippen LogP) is 3.28. The summed E-state index contributed by atoms with van der Waals surface area (Å²) in [5.74, 6) is 0.481. The van der Waals surface area contributed by atoms with Gasteiger partial charge < -0.3 is 15.0 Å². The van der Waals surface area contributed by atoms with Gasteiger partial charge in [-0.25, -0.2) is 27.7 Å². The second kappa shape index (κ2) is 10.2. The Bertz CT molecular complexity index is 1210. The topological polar surface area (TPSA) is 142 Å². The van der Waals surface area contributed by atoms with E-state index in [1.54, 1.807) is 41.2 Å². The van der Waals surface area contributed by atoms with E-state index in [2.05, 4.69) is 15.6 Å². The Labute approximate surface area is 191 Å². The van der Waals surface area contributed by atoms with Crippen LogP contribution < -0.4 is 15.4 Å². The lowest BCUT2D eigenvalue weighted by atomic mass is 10.1. The monoisotopic (exact) mass is 471 g/mol. The number of imidazole rings is 1. The van der Waals surface area contributed by atoms with E-state index in [1.807, 2.05) is 35.1 Å². The molecule has 11 heteroatoms. The van der Waals surface area contributed by atoms with Gasteiger partial charge in [0.1, 0.15) is 5.82 Å². The number of amides is 3. The summed E-state index contributed by atoms with van der Waals surface area (Å²) in [6.45, 7) is 2.96. The molecule has 0 aliphatic carbocycles. The van der Waals surface area contributed by atoms with Crippen molar-refractivity contribution in [1.29, 1.82) is 0 Å². The summed E-state index contributed by atoms with van der Waals surface area (Å²) in [7, 11) is -3.81. The highest BCUT2D eigenvalue weighted by Gasteiger charge is 2.24. The van der Waals surface area contributed by atoms with Crippen molar-refractivity contribution in [2.24, 2.45) is 0 Å². The van der Waals surface area contributed by atoms with E-state index in [-0.39, 0.29) is 0 Å². The Morgan fingerprint density at radius 1 is 1.06 bits per heavy atom. The molecular weight excluding hydrogens is 446 g/mol. The maximum absolute atomic E-state index is 12.6. The number of nitrogens with one attached hydrogen (secondary N) is 3. The number of carbonyl (C=O) groups is 2. The van der Waals surface area contributed by atoms with Gasteiger partial charge in [-0.05, 0) is 50.1 Å². The molecule has 33 heavy (non-hydrogen) atoms. The number of hydrogen-bond donors (Lipinski definition) is 4. The molecule has 0 aliphatic heterocycles. The maximum Gasteiger partial charge on any atom is 0.409 e. The summed E-state index contributed by atoms with van der Waals surface area (Å²) in [4.78, 5) is 27.8. The van der Waals surface area contributed by atoms with Crippen molar-refractivity contribution in [3.63, 3.8) is 0 Å². The van der Waals surface area contributed by atoms with E-state index in [4.69, 9.17) is 5.11 Å². The number of carbonyl (C=O) groups excluding carboxylic acids is 1. The molecule has 1 atom stereocenters. The van der Waals surface area contributed by atoms with Crippen LogP contribution in [0.25, 0.3) is 5.69 Å². The van der Waals surface area contributed by atoms with Crippen molar-refractivity contribution >= 4 is 27.8 Å². The van der Waals surface area contributed by atoms with E-state index in [1.165, 1.54) is 13.8 Å². The third-order valence-corrected chi connectivity index (χ3v) is 6.53. The highest BCUT2D eigenvalue weighted by atomic mass is 32.2. The number of rotatable bonds is 8. The Morgan fingerprint density at radius 3 is 2.33 bits per heavy atom. The molecule has 0 radical (unpaired) electrons. The van der Waals surface area contributed by atoms with Crippen molar-refractivity contribution in [3.05, 3.63) is 78.4 Å². The van der Waals surface area contributed by atoms with Crippen LogP contribution in [0.15, 0.2) is 67.0 Å². The number of sulfonamides is 1. The van der Waals surface area contributed by atoms with E-state index in [0.29, 0.717) is 23.6 Å². The highest BCUT2D eigenvalue weighted by molar-refractivity contribution is 7.90. The van der Waals surface area contributed by atoms with E-state index in [9.17, 15) is 18.0 Å². The molecule has 1 heterocycles. The molecule has 3 rings (SSSR count). The number of carboxylic acid groups (broad SMARTS) is 1. The summed E-state index contributed by atoms with van der Waals surface area (Å²) < 4.78 is 28.0. The quantitative estimate of drug-likeness (QED) is 0.397. The fourth-order valence-electron chi connectivity index (χ4n) is 3.11. The molecule has 0 saturated heterocycles. The van der Waals surface area contributed by atoms with Crippen LogP contribution in [0.3, 0.4) is 0 Å². The first-order valence-electron chi connectivity index (χ1n) is 10.2. The molecule has 0 bridgehead atoms. The zero-order chi connectivity index (χ0) is 24.0. The van der Waals surface area contributed by atoms with E-state index >= 15 is 0 Å². The van der Waals surface area contributed by atoms with Crippen LogP contribution in [0.1, 0.15) is 31.3 Å². The lowest BCUT2D eigenvalue weighted by molar-refractivity contribution is 0.209. The second-order valence-electron chi connectivity index (χ2n) is 7.54. The minimum Gasteiger partial charge on any atom is -0.465 e. The standard InChI is InChI=1S/C22H25N5O5S/c1-15(2)33(31,32)26-21(28)25-19(14-16-6-4-3-5-7-16)20-23-12-13-27(20)18-10-8-17(9-11-18)24-22(29)30/h3-13,15,19,24H,14H2,1-2H3,(H,29,30)(H2,25,26,28). The van der Waals surface area contributed by atoms with Gasteiger partial charge in [0.25, 0.3) is 0 Å². The number of aromatic nitrogens is 2. The molecule has 10 nitrogen and oxygen atoms in total. The fourth-order valence-corrected chi connectivity index (χ4v) is 3.66. The molecule has 0 spiro atoms. The molecule has 3 aromatic rings. The average Bonchev–Trinajstić information content (AvgIpc) is 3.23. The normalized spacial score (nSPS) is 12.2. The second-order valence-corrected chi connectivity index (χ2v) is 9.78. The highest BCUT2D eigenvalue weighted by Crippen LogP contribution is 2.22. The van der Waals surface area contributed by atoms with Crippen LogP contribution in [-0.2, 0) is 16.4 Å². The Balaban J connectivity index is 1.90. The largest absolute Gasteiger partial charge is 0.465 e. The van der Waals surface area contributed by atoms with Crippen LogP contribution in [0.2, 0.25) is 0 Å². The summed E-state index contributed by atoms with van der Waals surface area (Å²) in [6, 6.07) is 14.5. The summed E-state index contributed by atoms with van der Waals surface area (Å²) in [5, 5.41) is 13.1. The van der Waals surface area contributed by atoms with Gasteiger partial charge in [-0.3, -0.25) is 5.32 Å². The van der Waals surface area contributed by atoms with Gasteiger partial charge in [0, 0.05) is 23.8 Å². The lowest BCUT2D eigenvalue weighted by Crippen LogP contribution is -2.44. The minimum atomic E-state index is -3.81. The fraction of sp³-hybridized carbons (Fsp3) is 0.227. The van der Waals surface area contributed by atoms with Gasteiger partial charge in [-0.2, -0.15) is 0 Å². The number of anilines is 1. The Morgan fingerprint density at radius 2 is 1.73 bits per heavy atom. The zero-order valence-corrected chi connectivity index (χ0v) is 18.9. The number of benzene rings is 2. The van der Waals surface area contributed by atoms with Crippen molar-refractivity contribution in [1.82, 2.24) is 19.6 Å². The van der Waals surface area contributed by atoms with Crippen LogP contribution in [0.5, 0.6) is 0 Å². The molecule has 1 unspecified atom stereocenters. The number of hydrogen-bond acceptors (Lipinski definition) is 5. The lowest BCUT2D eigenvalue weighted by Gasteiger charge is -2.21. The molecule has 2 aromatic carbocycles. The van der Waals surface area contributed by atoms with Crippen molar-refractivity contribution in [3.8, 4) is 5.69 Å². The van der Waals surface area contributed by atoms with Crippen molar-refractivity contribution < 1.29 is 23.1 Å². The van der Waals surface area contributed by atoms with Gasteiger partial charge in [0.05, 0.1) is 11.3 Å². The molecule has 0 aliphatic rings. The summed E-state index contributed by atoms with van der Waals surface area (Å²) >= 11 is 0. The van der Waals surface area contributed by atoms with Crippen LogP contribution in [0, 0.1) is 0 Å². The van der Waals surface area contributed by atoms with Crippen molar-refractivity contribution in [2.75, 3.05) is 5.32 Å². The molecule has 0 saturated carbocycles. The first-order chi connectivity index (χ1) is 15.7. The van der Waals surface area contributed by atoms with E-state index < -0.39 is 33.4 Å². The first kappa shape index (κ1) is 23.8. The van der Waals surface area contributed by atoms with Gasteiger partial charge in [0.2, 0.25) is 10.0 Å². The summed E-state index contributed by atoms with van der Waals surface area (Å²) in [6.07, 6.45) is 2.48. The van der Waals surface area contributed by atoms with Crippen LogP contribution >= 0.6 is 0 Å². The SMILES string of the molecule is CC(C)S(=O)(=O)NC(=O)NC(Cc1ccccc1)c1nccn1-c1ccc(NC(=O)O)cc1. The average molecular weight is 472 g/mol. The molecule has 4 N–H and O–H groups in total. The number of urea groups is 1. The molecule has 1 aromatic heterocycles. The number of nitrogens with zero attached hydrogens (tertiary/aromatic N) is 2. The Hall–Kier alpha value is -3.86.